The van der Waals surface area contributed by atoms with E-state index in [1.54, 1.807) is 0 Å². The zero-order valence-electron chi connectivity index (χ0n) is 25.2. The molecule has 0 spiro atoms. The first-order valence-electron chi connectivity index (χ1n) is 15.9. The number of aromatic nitrogens is 5. The number of pyridine rings is 2. The monoisotopic (exact) mass is 599 g/mol. The van der Waals surface area contributed by atoms with Gasteiger partial charge in [-0.15, -0.1) is 0 Å². The van der Waals surface area contributed by atoms with Crippen LogP contribution in [-0.4, -0.2) is 23.5 Å². The lowest BCUT2D eigenvalue weighted by atomic mass is 10.0. The predicted molar refractivity (Wildman–Crippen MR) is 194 cm³/mol. The summed E-state index contributed by atoms with van der Waals surface area (Å²) in [6.07, 6.45) is 3.90. The average Bonchev–Trinajstić information content (AvgIpc) is 3.79. The molecule has 0 N–H and O–H groups in total. The van der Waals surface area contributed by atoms with Crippen LogP contribution in [-0.2, 0) is 0 Å². The molecule has 0 saturated carbocycles. The van der Waals surface area contributed by atoms with Crippen molar-refractivity contribution in [2.45, 2.75) is 0 Å². The molecule has 0 radical (unpaired) electrons. The molecule has 5 heteroatoms. The molecule has 0 unspecified atom stereocenters. The van der Waals surface area contributed by atoms with E-state index in [0.717, 1.165) is 55.2 Å². The van der Waals surface area contributed by atoms with Crippen LogP contribution in [0.4, 0.5) is 0 Å². The molecule has 11 aromatic rings. The maximum Gasteiger partial charge on any atom is 0.146 e. The fourth-order valence-corrected chi connectivity index (χ4v) is 7.95. The van der Waals surface area contributed by atoms with Crippen molar-refractivity contribution < 1.29 is 0 Å². The Morgan fingerprint density at radius 1 is 0.426 bits per heavy atom. The van der Waals surface area contributed by atoms with Crippen molar-refractivity contribution >= 4 is 82.0 Å². The van der Waals surface area contributed by atoms with E-state index in [1.807, 2.05) is 12.4 Å². The number of nitrogens with zero attached hydrogens (tertiary/aromatic N) is 5. The van der Waals surface area contributed by atoms with E-state index in [2.05, 4.69) is 158 Å². The standard InChI is InChI=1S/C42H25N5/c1-3-11-26(12-4-1)45-35-17-9-7-15-28(35)31-23-32-29-19-20-30-40(41(29)46(39(32)24-38(31)45)27-13-5-2-6-14-27)33-25-43-22-21-36(33)47-37-18-10-8-16-34(37)44-42(30)47/h1-25H. The number of para-hydroxylation sites is 5. The number of rotatable bonds is 2. The van der Waals surface area contributed by atoms with Gasteiger partial charge in [0.05, 0.1) is 38.6 Å². The van der Waals surface area contributed by atoms with Crippen molar-refractivity contribution in [3.8, 4) is 11.4 Å². The smallest absolute Gasteiger partial charge is 0.146 e. The summed E-state index contributed by atoms with van der Waals surface area (Å²) in [5.41, 5.74) is 11.1. The lowest BCUT2D eigenvalue weighted by Crippen LogP contribution is -1.97. The Morgan fingerprint density at radius 3 is 1.91 bits per heavy atom. The molecule has 0 amide bonds. The molecule has 0 atom stereocenters. The van der Waals surface area contributed by atoms with Gasteiger partial charge in [-0.1, -0.05) is 72.8 Å². The third-order valence-corrected chi connectivity index (χ3v) is 9.86. The largest absolute Gasteiger partial charge is 0.309 e. The fourth-order valence-electron chi connectivity index (χ4n) is 7.95. The van der Waals surface area contributed by atoms with Gasteiger partial charge >= 0.3 is 0 Å². The molecule has 0 aliphatic heterocycles. The summed E-state index contributed by atoms with van der Waals surface area (Å²) in [4.78, 5) is 9.87. The second-order valence-corrected chi connectivity index (χ2v) is 12.3. The molecule has 0 saturated heterocycles. The highest BCUT2D eigenvalue weighted by molar-refractivity contribution is 6.29. The summed E-state index contributed by atoms with van der Waals surface area (Å²) < 4.78 is 7.14. The van der Waals surface area contributed by atoms with Gasteiger partial charge in [0.25, 0.3) is 0 Å². The van der Waals surface area contributed by atoms with E-state index >= 15 is 0 Å². The van der Waals surface area contributed by atoms with Gasteiger partial charge in [-0.05, 0) is 66.7 Å². The van der Waals surface area contributed by atoms with Crippen molar-refractivity contribution in [1.82, 2.24) is 23.5 Å². The van der Waals surface area contributed by atoms with E-state index < -0.39 is 0 Å². The van der Waals surface area contributed by atoms with Gasteiger partial charge in [0.2, 0.25) is 0 Å². The lowest BCUT2D eigenvalue weighted by molar-refractivity contribution is 1.17. The van der Waals surface area contributed by atoms with Crippen molar-refractivity contribution in [3.05, 3.63) is 152 Å². The van der Waals surface area contributed by atoms with Crippen LogP contribution >= 0.6 is 0 Å². The first-order chi connectivity index (χ1) is 23.3. The molecule has 0 aliphatic rings. The Bertz CT molecular complexity index is 3060. The first kappa shape index (κ1) is 24.8. The summed E-state index contributed by atoms with van der Waals surface area (Å²) in [5.74, 6) is 0. The minimum absolute atomic E-state index is 0.957. The minimum Gasteiger partial charge on any atom is -0.309 e. The quantitative estimate of drug-likeness (QED) is 0.186. The Kier molecular flexibility index (Phi) is 4.78. The van der Waals surface area contributed by atoms with Crippen LogP contribution in [0.2, 0.25) is 0 Å². The van der Waals surface area contributed by atoms with E-state index in [0.29, 0.717) is 0 Å². The van der Waals surface area contributed by atoms with Crippen LogP contribution in [0.5, 0.6) is 0 Å². The highest BCUT2D eigenvalue weighted by Gasteiger charge is 2.23. The Balaban J connectivity index is 1.41. The number of hydrogen-bond donors (Lipinski definition) is 0. The summed E-state index contributed by atoms with van der Waals surface area (Å²) in [6.45, 7) is 0. The van der Waals surface area contributed by atoms with Gasteiger partial charge < -0.3 is 9.13 Å². The Morgan fingerprint density at radius 2 is 1.09 bits per heavy atom. The molecule has 0 bridgehead atoms. The maximum absolute atomic E-state index is 5.20. The zero-order chi connectivity index (χ0) is 30.6. The molecule has 0 aliphatic carbocycles. The van der Waals surface area contributed by atoms with Crippen molar-refractivity contribution in [2.75, 3.05) is 0 Å². The van der Waals surface area contributed by atoms with Gasteiger partial charge in [-0.2, -0.15) is 0 Å². The van der Waals surface area contributed by atoms with Crippen LogP contribution in [0, 0.1) is 0 Å². The van der Waals surface area contributed by atoms with Gasteiger partial charge in [-0.3, -0.25) is 9.38 Å². The van der Waals surface area contributed by atoms with E-state index in [9.17, 15) is 0 Å². The molecule has 6 aromatic carbocycles. The van der Waals surface area contributed by atoms with Gasteiger partial charge in [0.1, 0.15) is 5.65 Å². The predicted octanol–water partition coefficient (Wildman–Crippen LogP) is 10.4. The SMILES string of the molecule is c1ccc(-n2c3ccccc3c3cc4c5ccc6c(c7cnccc7n7c8ccccc8nc67)c5n(-c5ccccc5)c4cc32)cc1. The Labute approximate surface area is 268 Å². The van der Waals surface area contributed by atoms with Gasteiger partial charge in [-0.25, -0.2) is 4.98 Å². The lowest BCUT2D eigenvalue weighted by Gasteiger charge is -2.13. The summed E-state index contributed by atoms with van der Waals surface area (Å²) in [6, 6.07) is 50.0. The molecule has 11 rings (SSSR count). The second-order valence-electron chi connectivity index (χ2n) is 12.3. The molecule has 47 heavy (non-hydrogen) atoms. The number of imidazole rings is 1. The third kappa shape index (κ3) is 3.22. The maximum atomic E-state index is 5.20. The van der Waals surface area contributed by atoms with Crippen molar-refractivity contribution in [1.29, 1.82) is 0 Å². The van der Waals surface area contributed by atoms with Crippen LogP contribution in [0.25, 0.3) is 93.3 Å². The number of fused-ring (bicyclic) bond motifs is 15. The molecule has 5 aromatic heterocycles. The first-order valence-corrected chi connectivity index (χ1v) is 15.9. The van der Waals surface area contributed by atoms with Crippen molar-refractivity contribution in [3.63, 3.8) is 0 Å². The Hall–Kier alpha value is -6.46. The van der Waals surface area contributed by atoms with Crippen LogP contribution in [0.1, 0.15) is 0 Å². The van der Waals surface area contributed by atoms with Crippen molar-refractivity contribution in [2.24, 2.45) is 0 Å². The van der Waals surface area contributed by atoms with Gasteiger partial charge in [0.15, 0.2) is 0 Å². The van der Waals surface area contributed by atoms with E-state index in [-0.39, 0.29) is 0 Å². The van der Waals surface area contributed by atoms with E-state index in [1.165, 1.54) is 38.1 Å². The molecule has 5 nitrogen and oxygen atoms in total. The van der Waals surface area contributed by atoms with Gasteiger partial charge in [0, 0.05) is 61.5 Å². The molecule has 0 fully saturated rings. The molecule has 218 valence electrons. The fraction of sp³-hybridized carbons (Fsp3) is 0. The van der Waals surface area contributed by atoms with Crippen LogP contribution < -0.4 is 0 Å². The normalized spacial score (nSPS) is 12.3. The van der Waals surface area contributed by atoms with Crippen LogP contribution in [0.3, 0.4) is 0 Å². The molecular weight excluding hydrogens is 574 g/mol. The third-order valence-electron chi connectivity index (χ3n) is 9.86. The average molecular weight is 600 g/mol. The summed E-state index contributed by atoms with van der Waals surface area (Å²) in [7, 11) is 0. The number of hydrogen-bond acceptors (Lipinski definition) is 2. The number of benzene rings is 6. The summed E-state index contributed by atoms with van der Waals surface area (Å²) in [5, 5.41) is 8.29. The zero-order valence-corrected chi connectivity index (χ0v) is 25.2. The highest BCUT2D eigenvalue weighted by Crippen LogP contribution is 2.44. The second kappa shape index (κ2) is 9.05. The topological polar surface area (TPSA) is 40.1 Å². The minimum atomic E-state index is 0.957. The summed E-state index contributed by atoms with van der Waals surface area (Å²) >= 11 is 0. The van der Waals surface area contributed by atoms with E-state index in [4.69, 9.17) is 4.98 Å². The van der Waals surface area contributed by atoms with Crippen LogP contribution in [0.15, 0.2) is 152 Å². The highest BCUT2D eigenvalue weighted by atomic mass is 15.0. The molecule has 5 heterocycles. The molecular formula is C42H25N5.